The highest BCUT2D eigenvalue weighted by molar-refractivity contribution is 7.86. The number of hydrogen-bond donors (Lipinski definition) is 1. The van der Waals surface area contributed by atoms with Crippen LogP contribution in [0.2, 0.25) is 0 Å². The third-order valence-corrected chi connectivity index (χ3v) is 6.67. The first kappa shape index (κ1) is 22.0. The van der Waals surface area contributed by atoms with Crippen molar-refractivity contribution < 1.29 is 22.7 Å². The summed E-state index contributed by atoms with van der Waals surface area (Å²) in [6, 6.07) is -0.0748. The summed E-state index contributed by atoms with van der Waals surface area (Å²) in [6.45, 7) is 7.33. The minimum Gasteiger partial charge on any atom is -0.444 e. The van der Waals surface area contributed by atoms with Gasteiger partial charge in [0.25, 0.3) is 10.2 Å². The van der Waals surface area contributed by atoms with Crippen LogP contribution in [0.3, 0.4) is 0 Å². The fourth-order valence-electron chi connectivity index (χ4n) is 3.26. The van der Waals surface area contributed by atoms with E-state index in [9.17, 15) is 13.2 Å². The van der Waals surface area contributed by atoms with E-state index in [2.05, 4.69) is 11.2 Å². The minimum absolute atomic E-state index is 0.0243. The molecule has 154 valence electrons. The highest BCUT2D eigenvalue weighted by atomic mass is 32.2. The first-order valence-corrected chi connectivity index (χ1v) is 10.8. The molecule has 2 aliphatic heterocycles. The smallest absolute Gasteiger partial charge is 0.407 e. The van der Waals surface area contributed by atoms with Crippen LogP contribution in [0.25, 0.3) is 0 Å². The van der Waals surface area contributed by atoms with Crippen LogP contribution < -0.4 is 5.32 Å². The minimum atomic E-state index is -3.48. The predicted octanol–water partition coefficient (Wildman–Crippen LogP) is 1.33. The van der Waals surface area contributed by atoms with Crippen molar-refractivity contribution in [2.24, 2.45) is 0 Å². The van der Waals surface area contributed by atoms with Gasteiger partial charge in [-0.1, -0.05) is 5.92 Å². The maximum atomic E-state index is 12.8. The van der Waals surface area contributed by atoms with Crippen LogP contribution in [0.1, 0.15) is 46.5 Å². The summed E-state index contributed by atoms with van der Waals surface area (Å²) in [6.07, 6.45) is 7.19. The third-order valence-electron chi connectivity index (χ3n) is 4.63. The Morgan fingerprint density at radius 1 is 1.11 bits per heavy atom. The number of terminal acetylenes is 1. The Hall–Kier alpha value is -1.34. The Morgan fingerprint density at radius 3 is 2.11 bits per heavy atom. The molecule has 0 aromatic carbocycles. The maximum Gasteiger partial charge on any atom is 0.407 e. The van der Waals surface area contributed by atoms with Gasteiger partial charge >= 0.3 is 6.09 Å². The second-order valence-corrected chi connectivity index (χ2v) is 9.87. The molecule has 0 aliphatic carbocycles. The van der Waals surface area contributed by atoms with Gasteiger partial charge in [-0.3, -0.25) is 0 Å². The van der Waals surface area contributed by atoms with Gasteiger partial charge in [-0.15, -0.1) is 6.42 Å². The maximum absolute atomic E-state index is 12.8. The molecule has 2 rings (SSSR count). The van der Waals surface area contributed by atoms with Gasteiger partial charge in [-0.25, -0.2) is 4.79 Å². The van der Waals surface area contributed by atoms with Crippen LogP contribution in [0.5, 0.6) is 0 Å². The van der Waals surface area contributed by atoms with Crippen molar-refractivity contribution in [3.8, 4) is 12.3 Å². The SMILES string of the molecule is C#CCOC1CCN(S(=O)(=O)N2CCC(NC(=O)OC(C)(C)C)CC2)CC1. The van der Waals surface area contributed by atoms with E-state index in [1.165, 1.54) is 8.61 Å². The van der Waals surface area contributed by atoms with Crippen LogP contribution in [-0.2, 0) is 19.7 Å². The average molecular weight is 402 g/mol. The van der Waals surface area contributed by atoms with Crippen LogP contribution in [0.15, 0.2) is 0 Å². The molecule has 2 saturated heterocycles. The van der Waals surface area contributed by atoms with Gasteiger partial charge in [0.15, 0.2) is 0 Å². The van der Waals surface area contributed by atoms with E-state index in [0.29, 0.717) is 51.9 Å². The largest absolute Gasteiger partial charge is 0.444 e. The number of rotatable bonds is 5. The first-order valence-electron chi connectivity index (χ1n) is 9.41. The van der Waals surface area contributed by atoms with E-state index in [1.807, 2.05) is 20.8 Å². The van der Waals surface area contributed by atoms with Crippen molar-refractivity contribution in [1.29, 1.82) is 0 Å². The van der Waals surface area contributed by atoms with Crippen LogP contribution >= 0.6 is 0 Å². The molecule has 0 unspecified atom stereocenters. The van der Waals surface area contributed by atoms with E-state index in [0.717, 1.165) is 0 Å². The highest BCUT2D eigenvalue weighted by Gasteiger charge is 2.35. The molecule has 0 radical (unpaired) electrons. The molecule has 0 aromatic rings. The van der Waals surface area contributed by atoms with Gasteiger partial charge < -0.3 is 14.8 Å². The van der Waals surface area contributed by atoms with Crippen molar-refractivity contribution in [3.63, 3.8) is 0 Å². The van der Waals surface area contributed by atoms with Crippen molar-refractivity contribution in [1.82, 2.24) is 13.9 Å². The fourth-order valence-corrected chi connectivity index (χ4v) is 4.93. The summed E-state index contributed by atoms with van der Waals surface area (Å²) < 4.78 is 39.5. The summed E-state index contributed by atoms with van der Waals surface area (Å²) in [4.78, 5) is 11.9. The van der Waals surface area contributed by atoms with Gasteiger partial charge in [-0.05, 0) is 46.5 Å². The van der Waals surface area contributed by atoms with Crippen LogP contribution in [0.4, 0.5) is 4.79 Å². The van der Waals surface area contributed by atoms with Gasteiger partial charge in [0.05, 0.1) is 6.10 Å². The Bertz CT molecular complexity index is 637. The molecule has 1 N–H and O–H groups in total. The van der Waals surface area contributed by atoms with Crippen LogP contribution in [0, 0.1) is 12.3 Å². The Balaban J connectivity index is 1.79. The molecular weight excluding hydrogens is 370 g/mol. The Morgan fingerprint density at radius 2 is 1.63 bits per heavy atom. The van der Waals surface area contributed by atoms with Gasteiger partial charge in [0, 0.05) is 32.2 Å². The zero-order valence-electron chi connectivity index (χ0n) is 16.4. The van der Waals surface area contributed by atoms with Crippen molar-refractivity contribution in [2.75, 3.05) is 32.8 Å². The first-order chi connectivity index (χ1) is 12.6. The summed E-state index contributed by atoms with van der Waals surface area (Å²) in [5.74, 6) is 2.44. The molecule has 9 heteroatoms. The third kappa shape index (κ3) is 6.64. The summed E-state index contributed by atoms with van der Waals surface area (Å²) >= 11 is 0. The molecule has 2 heterocycles. The zero-order valence-corrected chi connectivity index (χ0v) is 17.3. The molecule has 0 atom stereocenters. The molecule has 27 heavy (non-hydrogen) atoms. The summed E-state index contributed by atoms with van der Waals surface area (Å²) in [7, 11) is -3.48. The number of alkyl carbamates (subject to hydrolysis) is 1. The second-order valence-electron chi connectivity index (χ2n) is 7.94. The molecule has 0 bridgehead atoms. The number of carbonyl (C=O) groups excluding carboxylic acids is 1. The number of ether oxygens (including phenoxy) is 2. The standard InChI is InChI=1S/C18H31N3O5S/c1-5-14-25-16-8-12-21(13-9-16)27(23,24)20-10-6-15(7-11-20)19-17(22)26-18(2,3)4/h1,15-16H,6-14H2,2-4H3,(H,19,22). The van der Waals surface area contributed by atoms with Crippen molar-refractivity contribution in [3.05, 3.63) is 0 Å². The number of nitrogens with one attached hydrogen (secondary N) is 1. The lowest BCUT2D eigenvalue weighted by Gasteiger charge is -2.37. The van der Waals surface area contributed by atoms with Gasteiger partial charge in [0.1, 0.15) is 12.2 Å². The number of amides is 1. The highest BCUT2D eigenvalue weighted by Crippen LogP contribution is 2.22. The van der Waals surface area contributed by atoms with Crippen molar-refractivity contribution >= 4 is 16.3 Å². The predicted molar refractivity (Wildman–Crippen MR) is 102 cm³/mol. The van der Waals surface area contributed by atoms with E-state index in [-0.39, 0.29) is 18.8 Å². The van der Waals surface area contributed by atoms with E-state index < -0.39 is 21.9 Å². The molecule has 0 aromatic heterocycles. The number of nitrogens with zero attached hydrogens (tertiary/aromatic N) is 2. The van der Waals surface area contributed by atoms with Gasteiger partial charge in [0.2, 0.25) is 0 Å². The number of carbonyl (C=O) groups is 1. The van der Waals surface area contributed by atoms with E-state index in [4.69, 9.17) is 15.9 Å². The Labute approximate surface area is 162 Å². The normalized spacial score (nSPS) is 21.6. The zero-order chi connectivity index (χ0) is 20.1. The Kier molecular flexibility index (Phi) is 7.51. The summed E-state index contributed by atoms with van der Waals surface area (Å²) in [5.41, 5.74) is -0.551. The molecule has 2 fully saturated rings. The molecule has 0 spiro atoms. The number of hydrogen-bond acceptors (Lipinski definition) is 5. The lowest BCUT2D eigenvalue weighted by atomic mass is 10.1. The number of piperidine rings is 2. The molecule has 1 amide bonds. The fraction of sp³-hybridized carbons (Fsp3) is 0.833. The summed E-state index contributed by atoms with van der Waals surface area (Å²) in [5, 5.41) is 2.82. The molecular formula is C18H31N3O5S. The van der Waals surface area contributed by atoms with E-state index in [1.54, 1.807) is 0 Å². The second kappa shape index (κ2) is 9.24. The lowest BCUT2D eigenvalue weighted by molar-refractivity contribution is 0.0396. The van der Waals surface area contributed by atoms with Crippen molar-refractivity contribution in [2.45, 2.75) is 64.2 Å². The quantitative estimate of drug-likeness (QED) is 0.702. The van der Waals surface area contributed by atoms with Gasteiger partial charge in [-0.2, -0.15) is 17.0 Å². The average Bonchev–Trinajstić information content (AvgIpc) is 2.59. The molecule has 0 saturated carbocycles. The molecule has 2 aliphatic rings. The van der Waals surface area contributed by atoms with Crippen LogP contribution in [-0.4, -0.2) is 73.7 Å². The molecule has 8 nitrogen and oxygen atoms in total. The van der Waals surface area contributed by atoms with E-state index >= 15 is 0 Å². The lowest BCUT2D eigenvalue weighted by Crippen LogP contribution is -2.53. The topological polar surface area (TPSA) is 88.2 Å². The monoisotopic (exact) mass is 401 g/mol.